The van der Waals surface area contributed by atoms with Crippen molar-refractivity contribution in [3.63, 3.8) is 0 Å². The molecule has 0 unspecified atom stereocenters. The maximum absolute atomic E-state index is 12.5. The Balaban J connectivity index is 1.64. The van der Waals surface area contributed by atoms with Crippen LogP contribution in [0, 0.1) is 5.92 Å². The van der Waals surface area contributed by atoms with Crippen molar-refractivity contribution in [3.05, 3.63) is 51.8 Å². The average molecular weight is 338 g/mol. The molecule has 0 radical (unpaired) electrons. The predicted molar refractivity (Wildman–Crippen MR) is 87.0 cm³/mol. The molecule has 6 heteroatoms. The highest BCUT2D eigenvalue weighted by molar-refractivity contribution is 6.35. The summed E-state index contributed by atoms with van der Waals surface area (Å²) in [4.78, 5) is 14.3. The molecule has 1 aromatic heterocycles. The number of amides is 1. The van der Waals surface area contributed by atoms with Gasteiger partial charge < -0.3 is 4.90 Å². The smallest absolute Gasteiger partial charge is 0.226 e. The fraction of sp³-hybridized carbons (Fsp3) is 0.375. The minimum atomic E-state index is 0.0142. The van der Waals surface area contributed by atoms with Crippen LogP contribution in [-0.2, 0) is 18.4 Å². The highest BCUT2D eigenvalue weighted by Crippen LogP contribution is 2.50. The number of carbonyl (C=O) groups excluding carboxylic acids is 1. The molecule has 0 bridgehead atoms. The van der Waals surface area contributed by atoms with Crippen molar-refractivity contribution in [2.45, 2.75) is 18.9 Å². The summed E-state index contributed by atoms with van der Waals surface area (Å²) in [5.41, 5.74) is 2.04. The number of aryl methyl sites for hydroxylation is 1. The van der Waals surface area contributed by atoms with E-state index in [0.29, 0.717) is 16.6 Å². The van der Waals surface area contributed by atoms with Gasteiger partial charge in [0.05, 0.1) is 6.20 Å². The lowest BCUT2D eigenvalue weighted by atomic mass is 10.1. The molecule has 2 aromatic rings. The third-order valence-electron chi connectivity index (χ3n) is 4.02. The number of rotatable bonds is 4. The van der Waals surface area contributed by atoms with Crippen molar-refractivity contribution < 1.29 is 4.79 Å². The van der Waals surface area contributed by atoms with Crippen molar-refractivity contribution in [2.75, 3.05) is 7.05 Å². The lowest BCUT2D eigenvalue weighted by Gasteiger charge is -2.16. The van der Waals surface area contributed by atoms with E-state index in [0.717, 1.165) is 17.5 Å². The second kappa shape index (κ2) is 5.94. The van der Waals surface area contributed by atoms with Crippen LogP contribution in [0.1, 0.15) is 23.5 Å². The van der Waals surface area contributed by atoms with Crippen molar-refractivity contribution in [1.82, 2.24) is 14.7 Å². The number of aromatic nitrogens is 2. The molecule has 22 heavy (non-hydrogen) atoms. The van der Waals surface area contributed by atoms with Crippen LogP contribution in [0.3, 0.4) is 0 Å². The lowest BCUT2D eigenvalue weighted by Crippen LogP contribution is -2.27. The Morgan fingerprint density at radius 2 is 2.23 bits per heavy atom. The molecule has 1 aliphatic rings. The highest BCUT2D eigenvalue weighted by atomic mass is 35.5. The molecule has 0 saturated heterocycles. The Bertz CT molecular complexity index is 713. The topological polar surface area (TPSA) is 38.1 Å². The molecule has 3 rings (SSSR count). The Hall–Kier alpha value is -1.52. The van der Waals surface area contributed by atoms with Crippen LogP contribution >= 0.6 is 23.2 Å². The Kier molecular flexibility index (Phi) is 4.15. The summed E-state index contributed by atoms with van der Waals surface area (Å²) in [6.07, 6.45) is 4.55. The second-order valence-electron chi connectivity index (χ2n) is 5.83. The number of nitrogens with zero attached hydrogens (tertiary/aromatic N) is 3. The minimum Gasteiger partial charge on any atom is -0.341 e. The van der Waals surface area contributed by atoms with Gasteiger partial charge in [-0.25, -0.2) is 0 Å². The Morgan fingerprint density at radius 1 is 1.45 bits per heavy atom. The van der Waals surface area contributed by atoms with Gasteiger partial charge in [0.1, 0.15) is 0 Å². The normalized spacial score (nSPS) is 20.0. The van der Waals surface area contributed by atoms with Crippen LogP contribution in [0.15, 0.2) is 30.6 Å². The molecule has 1 amide bonds. The molecule has 0 spiro atoms. The van der Waals surface area contributed by atoms with Gasteiger partial charge >= 0.3 is 0 Å². The zero-order valence-corrected chi connectivity index (χ0v) is 14.0. The molecule has 1 saturated carbocycles. The van der Waals surface area contributed by atoms with Gasteiger partial charge in [-0.3, -0.25) is 9.48 Å². The SMILES string of the molecule is CN(Cc1cnn(C)c1)C(=O)[C@H]1C[C@@H]1c1ccc(Cl)cc1Cl. The zero-order valence-electron chi connectivity index (χ0n) is 12.5. The summed E-state index contributed by atoms with van der Waals surface area (Å²) >= 11 is 12.1. The van der Waals surface area contributed by atoms with Crippen LogP contribution in [0.2, 0.25) is 10.0 Å². The summed E-state index contributed by atoms with van der Waals surface area (Å²) in [6, 6.07) is 5.48. The van der Waals surface area contributed by atoms with E-state index in [1.54, 1.807) is 21.8 Å². The van der Waals surface area contributed by atoms with Crippen LogP contribution in [-0.4, -0.2) is 27.6 Å². The molecular weight excluding hydrogens is 321 g/mol. The first-order valence-electron chi connectivity index (χ1n) is 7.13. The predicted octanol–water partition coefficient (Wildman–Crippen LogP) is 3.49. The summed E-state index contributed by atoms with van der Waals surface area (Å²) in [7, 11) is 3.69. The maximum atomic E-state index is 12.5. The molecule has 1 fully saturated rings. The number of benzene rings is 1. The van der Waals surface area contributed by atoms with Gasteiger partial charge in [-0.2, -0.15) is 5.10 Å². The van der Waals surface area contributed by atoms with Gasteiger partial charge in [0.25, 0.3) is 0 Å². The maximum Gasteiger partial charge on any atom is 0.226 e. The number of hydrogen-bond donors (Lipinski definition) is 0. The third-order valence-corrected chi connectivity index (χ3v) is 4.59. The highest BCUT2D eigenvalue weighted by Gasteiger charge is 2.46. The first-order valence-corrected chi connectivity index (χ1v) is 7.88. The van der Waals surface area contributed by atoms with Crippen molar-refractivity contribution in [1.29, 1.82) is 0 Å². The number of halogens is 2. The van der Waals surface area contributed by atoms with E-state index in [2.05, 4.69) is 5.10 Å². The molecule has 4 nitrogen and oxygen atoms in total. The molecule has 1 heterocycles. The van der Waals surface area contributed by atoms with Crippen LogP contribution in [0.4, 0.5) is 0 Å². The molecule has 116 valence electrons. The van der Waals surface area contributed by atoms with Gasteiger partial charge in [-0.05, 0) is 30.0 Å². The van der Waals surface area contributed by atoms with E-state index in [4.69, 9.17) is 23.2 Å². The van der Waals surface area contributed by atoms with Crippen LogP contribution < -0.4 is 0 Å². The lowest BCUT2D eigenvalue weighted by molar-refractivity contribution is -0.131. The standard InChI is InChI=1S/C16H17Cl2N3O/c1-20(8-10-7-19-21(2)9-10)16(22)14-6-13(14)12-4-3-11(17)5-15(12)18/h3-5,7,9,13-14H,6,8H2,1-2H3/t13-,14+/m1/s1. The van der Waals surface area contributed by atoms with E-state index < -0.39 is 0 Å². The summed E-state index contributed by atoms with van der Waals surface area (Å²) in [5, 5.41) is 5.38. The first kappa shape index (κ1) is 15.4. The largest absolute Gasteiger partial charge is 0.341 e. The fourth-order valence-electron chi connectivity index (χ4n) is 2.80. The minimum absolute atomic E-state index is 0.0142. The number of hydrogen-bond acceptors (Lipinski definition) is 2. The molecular formula is C16H17Cl2N3O. The average Bonchev–Trinajstić information content (AvgIpc) is 3.14. The zero-order chi connectivity index (χ0) is 15.9. The van der Waals surface area contributed by atoms with Gasteiger partial charge in [0, 0.05) is 48.4 Å². The van der Waals surface area contributed by atoms with E-state index in [1.807, 2.05) is 32.4 Å². The van der Waals surface area contributed by atoms with E-state index in [-0.39, 0.29) is 17.7 Å². The van der Waals surface area contributed by atoms with Crippen LogP contribution in [0.25, 0.3) is 0 Å². The van der Waals surface area contributed by atoms with E-state index in [1.165, 1.54) is 0 Å². The van der Waals surface area contributed by atoms with Gasteiger partial charge in [0.2, 0.25) is 5.91 Å². The Morgan fingerprint density at radius 3 is 2.86 bits per heavy atom. The quantitative estimate of drug-likeness (QED) is 0.856. The van der Waals surface area contributed by atoms with Crippen LogP contribution in [0.5, 0.6) is 0 Å². The van der Waals surface area contributed by atoms with Crippen molar-refractivity contribution in [3.8, 4) is 0 Å². The third kappa shape index (κ3) is 3.13. The van der Waals surface area contributed by atoms with Crippen molar-refractivity contribution in [2.24, 2.45) is 13.0 Å². The van der Waals surface area contributed by atoms with E-state index >= 15 is 0 Å². The Labute approximate surface area is 139 Å². The molecule has 0 aliphatic heterocycles. The van der Waals surface area contributed by atoms with Crippen molar-refractivity contribution >= 4 is 29.1 Å². The monoisotopic (exact) mass is 337 g/mol. The van der Waals surface area contributed by atoms with Gasteiger partial charge in [-0.1, -0.05) is 29.3 Å². The fourth-order valence-corrected chi connectivity index (χ4v) is 3.35. The molecule has 2 atom stereocenters. The molecule has 1 aromatic carbocycles. The molecule has 1 aliphatic carbocycles. The first-order chi connectivity index (χ1) is 10.5. The van der Waals surface area contributed by atoms with E-state index in [9.17, 15) is 4.79 Å². The summed E-state index contributed by atoms with van der Waals surface area (Å²) in [6.45, 7) is 0.574. The van der Waals surface area contributed by atoms with Gasteiger partial charge in [-0.15, -0.1) is 0 Å². The molecule has 0 N–H and O–H groups in total. The number of carbonyl (C=O) groups is 1. The second-order valence-corrected chi connectivity index (χ2v) is 6.67. The van der Waals surface area contributed by atoms with Gasteiger partial charge in [0.15, 0.2) is 0 Å². The summed E-state index contributed by atoms with van der Waals surface area (Å²) in [5.74, 6) is 0.369. The summed E-state index contributed by atoms with van der Waals surface area (Å²) < 4.78 is 1.74.